The second-order valence-electron chi connectivity index (χ2n) is 4.35. The first kappa shape index (κ1) is 17.8. The zero-order chi connectivity index (χ0) is 14.8. The first-order valence-corrected chi connectivity index (χ1v) is 6.99. The van der Waals surface area contributed by atoms with Gasteiger partial charge in [0.2, 0.25) is 17.7 Å². The van der Waals surface area contributed by atoms with Crippen molar-refractivity contribution in [3.63, 3.8) is 0 Å². The number of carbonyl (C=O) groups excluding carboxylic acids is 3. The van der Waals surface area contributed by atoms with Crippen molar-refractivity contribution in [3.8, 4) is 0 Å². The molecule has 0 spiro atoms. The number of carbonyl (C=O) groups is 3. The number of nitrogens with one attached hydrogen (secondary N) is 3. The Bertz CT molecular complexity index is 323. The van der Waals surface area contributed by atoms with Gasteiger partial charge in [0.05, 0.1) is 0 Å². The van der Waals surface area contributed by atoms with Crippen LogP contribution in [-0.2, 0) is 14.4 Å². The molecule has 110 valence electrons. The fraction of sp³-hybridized carbons (Fsp3) is 0.750. The van der Waals surface area contributed by atoms with Crippen LogP contribution in [0.2, 0.25) is 0 Å². The predicted molar refractivity (Wildman–Crippen MR) is 77.0 cm³/mol. The van der Waals surface area contributed by atoms with Crippen LogP contribution in [0.3, 0.4) is 0 Å². The minimum atomic E-state index is -0.668. The van der Waals surface area contributed by atoms with Gasteiger partial charge in [0.1, 0.15) is 6.04 Å². The Morgan fingerprint density at radius 3 is 2.32 bits per heavy atom. The molecule has 0 aliphatic carbocycles. The van der Waals surface area contributed by atoms with Gasteiger partial charge in [0.25, 0.3) is 0 Å². The summed E-state index contributed by atoms with van der Waals surface area (Å²) in [6.45, 7) is 5.48. The molecule has 0 aromatic carbocycles. The number of rotatable bonds is 8. The lowest BCUT2D eigenvalue weighted by Crippen LogP contribution is -2.48. The Balaban J connectivity index is 3.95. The molecule has 0 fully saturated rings. The third-order valence-electron chi connectivity index (χ3n) is 2.55. The van der Waals surface area contributed by atoms with Crippen LogP contribution in [0.5, 0.6) is 0 Å². The van der Waals surface area contributed by atoms with Gasteiger partial charge >= 0.3 is 0 Å². The third kappa shape index (κ3) is 8.47. The molecule has 0 bridgehead atoms. The minimum absolute atomic E-state index is 0.100. The van der Waals surface area contributed by atoms with Crippen LogP contribution in [-0.4, -0.2) is 42.1 Å². The summed E-state index contributed by atoms with van der Waals surface area (Å²) < 4.78 is 0. The summed E-state index contributed by atoms with van der Waals surface area (Å²) in [5, 5.41) is 7.88. The van der Waals surface area contributed by atoms with E-state index in [0.29, 0.717) is 0 Å². The Kier molecular flexibility index (Phi) is 9.03. The van der Waals surface area contributed by atoms with Crippen molar-refractivity contribution in [1.29, 1.82) is 0 Å². The van der Waals surface area contributed by atoms with Crippen LogP contribution in [0.25, 0.3) is 0 Å². The Morgan fingerprint density at radius 1 is 1.21 bits per heavy atom. The molecule has 2 atom stereocenters. The standard InChI is InChI=1S/C12H23N3O3S/c1-4-8(2)14-11(17)5-6-13-12(18)10(7-19)15-9(3)16/h8,10,19H,4-7H2,1-3H3,(H,13,18)(H,14,17)(H,15,16). The SMILES string of the molecule is CCC(C)NC(=O)CCNC(=O)C(CS)NC(C)=O. The maximum atomic E-state index is 11.7. The molecule has 0 rings (SSSR count). The van der Waals surface area contributed by atoms with Gasteiger partial charge in [-0.25, -0.2) is 0 Å². The zero-order valence-corrected chi connectivity index (χ0v) is 12.5. The van der Waals surface area contributed by atoms with Gasteiger partial charge < -0.3 is 16.0 Å². The summed E-state index contributed by atoms with van der Waals surface area (Å²) in [6, 6.07) is -0.536. The largest absolute Gasteiger partial charge is 0.354 e. The molecule has 0 aromatic heterocycles. The van der Waals surface area contributed by atoms with Gasteiger partial charge in [-0.15, -0.1) is 0 Å². The van der Waals surface area contributed by atoms with Crippen LogP contribution in [0.4, 0.5) is 0 Å². The molecular formula is C12H23N3O3S. The van der Waals surface area contributed by atoms with Gasteiger partial charge in [-0.05, 0) is 13.3 Å². The average molecular weight is 289 g/mol. The van der Waals surface area contributed by atoms with Crippen molar-refractivity contribution in [3.05, 3.63) is 0 Å². The van der Waals surface area contributed by atoms with E-state index in [2.05, 4.69) is 28.6 Å². The minimum Gasteiger partial charge on any atom is -0.354 e. The van der Waals surface area contributed by atoms with E-state index in [9.17, 15) is 14.4 Å². The van der Waals surface area contributed by atoms with Crippen molar-refractivity contribution in [2.45, 2.75) is 45.7 Å². The molecule has 0 aliphatic rings. The van der Waals surface area contributed by atoms with Gasteiger partial charge in [-0.1, -0.05) is 6.92 Å². The molecule has 3 N–H and O–H groups in total. The molecule has 0 aromatic rings. The van der Waals surface area contributed by atoms with Gasteiger partial charge in [-0.2, -0.15) is 12.6 Å². The number of hydrogen-bond acceptors (Lipinski definition) is 4. The van der Waals surface area contributed by atoms with E-state index in [-0.39, 0.29) is 42.5 Å². The molecule has 19 heavy (non-hydrogen) atoms. The normalized spacial score (nSPS) is 13.3. The fourth-order valence-electron chi connectivity index (χ4n) is 1.31. The molecule has 7 heteroatoms. The molecule has 0 saturated carbocycles. The fourth-order valence-corrected chi connectivity index (χ4v) is 1.57. The monoisotopic (exact) mass is 289 g/mol. The molecule has 3 amide bonds. The molecule has 2 unspecified atom stereocenters. The lowest BCUT2D eigenvalue weighted by molar-refractivity contribution is -0.127. The maximum Gasteiger partial charge on any atom is 0.243 e. The highest BCUT2D eigenvalue weighted by atomic mass is 32.1. The van der Waals surface area contributed by atoms with E-state index >= 15 is 0 Å². The van der Waals surface area contributed by atoms with E-state index in [4.69, 9.17) is 0 Å². The highest BCUT2D eigenvalue weighted by Gasteiger charge is 2.17. The zero-order valence-electron chi connectivity index (χ0n) is 11.7. The van der Waals surface area contributed by atoms with Crippen LogP contribution in [0.1, 0.15) is 33.6 Å². The second-order valence-corrected chi connectivity index (χ2v) is 4.72. The Hall–Kier alpha value is -1.24. The van der Waals surface area contributed by atoms with Crippen molar-refractivity contribution in [1.82, 2.24) is 16.0 Å². The van der Waals surface area contributed by atoms with Crippen LogP contribution in [0, 0.1) is 0 Å². The van der Waals surface area contributed by atoms with Crippen molar-refractivity contribution >= 4 is 30.4 Å². The quantitative estimate of drug-likeness (QED) is 0.468. The third-order valence-corrected chi connectivity index (χ3v) is 2.91. The van der Waals surface area contributed by atoms with E-state index in [1.54, 1.807) is 0 Å². The van der Waals surface area contributed by atoms with E-state index in [0.717, 1.165) is 6.42 Å². The van der Waals surface area contributed by atoms with E-state index in [1.807, 2.05) is 13.8 Å². The summed E-state index contributed by atoms with van der Waals surface area (Å²) in [7, 11) is 0. The molecule has 0 aliphatic heterocycles. The summed E-state index contributed by atoms with van der Waals surface area (Å²) in [5.41, 5.74) is 0. The van der Waals surface area contributed by atoms with Crippen molar-refractivity contribution in [2.24, 2.45) is 0 Å². The Morgan fingerprint density at radius 2 is 1.84 bits per heavy atom. The van der Waals surface area contributed by atoms with Crippen LogP contribution < -0.4 is 16.0 Å². The number of amides is 3. The number of hydrogen-bond donors (Lipinski definition) is 4. The number of thiol groups is 1. The Labute approximate surface area is 119 Å². The van der Waals surface area contributed by atoms with Gasteiger partial charge in [-0.3, -0.25) is 14.4 Å². The first-order valence-electron chi connectivity index (χ1n) is 6.35. The molecule has 0 heterocycles. The molecule has 6 nitrogen and oxygen atoms in total. The summed E-state index contributed by atoms with van der Waals surface area (Å²) in [6.07, 6.45) is 1.08. The van der Waals surface area contributed by atoms with E-state index < -0.39 is 6.04 Å². The highest BCUT2D eigenvalue weighted by Crippen LogP contribution is 1.91. The molecule has 0 saturated heterocycles. The maximum absolute atomic E-state index is 11.7. The molecular weight excluding hydrogens is 266 g/mol. The molecule has 0 radical (unpaired) electrons. The van der Waals surface area contributed by atoms with Crippen molar-refractivity contribution < 1.29 is 14.4 Å². The van der Waals surface area contributed by atoms with Crippen LogP contribution in [0.15, 0.2) is 0 Å². The van der Waals surface area contributed by atoms with Crippen molar-refractivity contribution in [2.75, 3.05) is 12.3 Å². The summed E-state index contributed by atoms with van der Waals surface area (Å²) in [5.74, 6) is -0.508. The topological polar surface area (TPSA) is 87.3 Å². The highest BCUT2D eigenvalue weighted by molar-refractivity contribution is 7.80. The lowest BCUT2D eigenvalue weighted by Gasteiger charge is -2.15. The summed E-state index contributed by atoms with van der Waals surface area (Å²) in [4.78, 5) is 34.0. The average Bonchev–Trinajstić information content (AvgIpc) is 2.35. The van der Waals surface area contributed by atoms with Gasteiger partial charge in [0, 0.05) is 31.7 Å². The van der Waals surface area contributed by atoms with Crippen LogP contribution >= 0.6 is 12.6 Å². The first-order chi connectivity index (χ1) is 8.90. The lowest BCUT2D eigenvalue weighted by atomic mass is 10.2. The van der Waals surface area contributed by atoms with Gasteiger partial charge in [0.15, 0.2) is 0 Å². The predicted octanol–water partition coefficient (Wildman–Crippen LogP) is -0.158. The van der Waals surface area contributed by atoms with E-state index in [1.165, 1.54) is 6.92 Å². The smallest absolute Gasteiger partial charge is 0.243 e. The second kappa shape index (κ2) is 9.66. The summed E-state index contributed by atoms with van der Waals surface area (Å²) >= 11 is 4.00.